The summed E-state index contributed by atoms with van der Waals surface area (Å²) in [7, 11) is -1.63. The number of carbonyl (C=O) groups excluding carboxylic acids is 1. The molecule has 1 aliphatic heterocycles. The lowest BCUT2D eigenvalue weighted by Gasteiger charge is -2.35. The molecule has 3 aromatic rings. The van der Waals surface area contributed by atoms with E-state index >= 15 is 0 Å². The van der Waals surface area contributed by atoms with Crippen LogP contribution in [0.15, 0.2) is 53.7 Å². The minimum atomic E-state index is -3.71. The van der Waals surface area contributed by atoms with Crippen LogP contribution in [0.1, 0.15) is 13.8 Å². The molecule has 0 radical (unpaired) electrons. The van der Waals surface area contributed by atoms with E-state index in [0.29, 0.717) is 17.1 Å². The van der Waals surface area contributed by atoms with Crippen LogP contribution < -0.4 is 25.0 Å². The molecule has 1 aromatic heterocycles. The summed E-state index contributed by atoms with van der Waals surface area (Å²) in [6, 6.07) is 12.1. The first-order valence-electron chi connectivity index (χ1n) is 13.0. The standard InChI is InChI=1S/C26H34N8O5S/c1-4-29-40(36,37)23-9-7-6-8-20(23)31-26-28-18-27-25(32-26)30-19-10-11-21(34-14-12-33(3)13-15-34)22(16-19)39-17-24(35)38-5-2/h6-11,16,18,29H,4-5,12-15,17H2,1-3H3,(H2,27,28,30,31,32). The van der Waals surface area contributed by atoms with Crippen molar-refractivity contribution in [2.45, 2.75) is 18.7 Å². The van der Waals surface area contributed by atoms with Crippen LogP contribution in [0.4, 0.5) is 29.0 Å². The van der Waals surface area contributed by atoms with Gasteiger partial charge in [0.1, 0.15) is 17.0 Å². The number of para-hydroxylation sites is 1. The van der Waals surface area contributed by atoms with Gasteiger partial charge in [-0.05, 0) is 38.2 Å². The molecule has 0 unspecified atom stereocenters. The first-order valence-corrected chi connectivity index (χ1v) is 14.4. The molecule has 4 rings (SSSR count). The average molecular weight is 571 g/mol. The highest BCUT2D eigenvalue weighted by molar-refractivity contribution is 7.89. The number of carbonyl (C=O) groups is 1. The van der Waals surface area contributed by atoms with Gasteiger partial charge in [0.05, 0.1) is 18.0 Å². The van der Waals surface area contributed by atoms with Crippen LogP contribution >= 0.6 is 0 Å². The van der Waals surface area contributed by atoms with Gasteiger partial charge in [-0.25, -0.2) is 27.9 Å². The Morgan fingerprint density at radius 3 is 2.45 bits per heavy atom. The van der Waals surface area contributed by atoms with Crippen molar-refractivity contribution in [1.82, 2.24) is 24.6 Å². The molecular weight excluding hydrogens is 536 g/mol. The number of esters is 1. The van der Waals surface area contributed by atoms with Gasteiger partial charge in [0, 0.05) is 44.5 Å². The first-order chi connectivity index (χ1) is 19.3. The number of nitrogens with one attached hydrogen (secondary N) is 3. The van der Waals surface area contributed by atoms with Gasteiger partial charge in [-0.1, -0.05) is 19.1 Å². The van der Waals surface area contributed by atoms with Crippen molar-refractivity contribution >= 4 is 45.0 Å². The maximum atomic E-state index is 12.6. The van der Waals surface area contributed by atoms with E-state index in [1.807, 2.05) is 12.1 Å². The Morgan fingerprint density at radius 2 is 1.73 bits per heavy atom. The lowest BCUT2D eigenvalue weighted by atomic mass is 10.2. The predicted molar refractivity (Wildman–Crippen MR) is 152 cm³/mol. The fourth-order valence-corrected chi connectivity index (χ4v) is 5.30. The summed E-state index contributed by atoms with van der Waals surface area (Å²) in [6.07, 6.45) is 1.32. The van der Waals surface area contributed by atoms with Crippen LogP contribution in [0.2, 0.25) is 0 Å². The number of hydrogen-bond donors (Lipinski definition) is 3. The number of piperazine rings is 1. The van der Waals surface area contributed by atoms with E-state index in [4.69, 9.17) is 9.47 Å². The number of rotatable bonds is 12. The number of aromatic nitrogens is 3. The lowest BCUT2D eigenvalue weighted by Crippen LogP contribution is -2.44. The molecule has 0 amide bonds. The number of hydrogen-bond acceptors (Lipinski definition) is 12. The van der Waals surface area contributed by atoms with Crippen molar-refractivity contribution < 1.29 is 22.7 Å². The summed E-state index contributed by atoms with van der Waals surface area (Å²) in [6.45, 7) is 7.25. The highest BCUT2D eigenvalue weighted by Gasteiger charge is 2.20. The molecule has 1 fully saturated rings. The molecule has 0 atom stereocenters. The van der Waals surface area contributed by atoms with E-state index in [1.54, 1.807) is 38.1 Å². The molecule has 0 aliphatic carbocycles. The predicted octanol–water partition coefficient (Wildman–Crippen LogP) is 2.35. The molecule has 214 valence electrons. The Morgan fingerprint density at radius 1 is 1.00 bits per heavy atom. The number of likely N-dealkylation sites (N-methyl/N-ethyl adjacent to an activating group) is 1. The third-order valence-electron chi connectivity index (χ3n) is 6.04. The Bertz CT molecular complexity index is 1410. The van der Waals surface area contributed by atoms with Crippen molar-refractivity contribution in [2.24, 2.45) is 0 Å². The second-order valence-electron chi connectivity index (χ2n) is 8.95. The lowest BCUT2D eigenvalue weighted by molar-refractivity contribution is -0.145. The van der Waals surface area contributed by atoms with Gasteiger partial charge in [-0.15, -0.1) is 0 Å². The Labute approximate surface area is 234 Å². The monoisotopic (exact) mass is 570 g/mol. The third-order valence-corrected chi connectivity index (χ3v) is 7.64. The summed E-state index contributed by atoms with van der Waals surface area (Å²) in [4.78, 5) is 29.2. The quantitative estimate of drug-likeness (QED) is 0.274. The van der Waals surface area contributed by atoms with Crippen molar-refractivity contribution in [2.75, 3.05) is 68.5 Å². The maximum Gasteiger partial charge on any atom is 0.344 e. The number of ether oxygens (including phenoxy) is 2. The van der Waals surface area contributed by atoms with Gasteiger partial charge in [0.15, 0.2) is 6.61 Å². The second-order valence-corrected chi connectivity index (χ2v) is 10.7. The van der Waals surface area contributed by atoms with Gasteiger partial charge < -0.3 is 29.9 Å². The topological polar surface area (TPSA) is 151 Å². The van der Waals surface area contributed by atoms with Gasteiger partial charge in [-0.2, -0.15) is 4.98 Å². The van der Waals surface area contributed by atoms with E-state index in [1.165, 1.54) is 12.4 Å². The van der Waals surface area contributed by atoms with E-state index in [-0.39, 0.29) is 36.6 Å². The zero-order chi connectivity index (χ0) is 28.5. The fourth-order valence-electron chi connectivity index (χ4n) is 4.09. The number of nitrogens with zero attached hydrogens (tertiary/aromatic N) is 5. The van der Waals surface area contributed by atoms with E-state index in [0.717, 1.165) is 31.9 Å². The minimum Gasteiger partial charge on any atom is -0.480 e. The van der Waals surface area contributed by atoms with E-state index < -0.39 is 16.0 Å². The maximum absolute atomic E-state index is 12.6. The van der Waals surface area contributed by atoms with E-state index in [2.05, 4.69) is 47.2 Å². The molecule has 40 heavy (non-hydrogen) atoms. The normalized spacial score (nSPS) is 14.0. The SMILES string of the molecule is CCNS(=O)(=O)c1ccccc1Nc1ncnc(Nc2ccc(N3CCN(C)CC3)c(OCC(=O)OCC)c2)n1. The molecule has 2 aromatic carbocycles. The molecule has 14 heteroatoms. The molecule has 1 aliphatic rings. The Kier molecular flexibility index (Phi) is 9.69. The molecule has 0 spiro atoms. The van der Waals surface area contributed by atoms with Crippen molar-refractivity contribution in [3.63, 3.8) is 0 Å². The number of sulfonamides is 1. The van der Waals surface area contributed by atoms with Crippen LogP contribution in [0.3, 0.4) is 0 Å². The molecule has 13 nitrogen and oxygen atoms in total. The minimum absolute atomic E-state index is 0.0784. The zero-order valence-corrected chi connectivity index (χ0v) is 23.6. The van der Waals surface area contributed by atoms with Gasteiger partial charge in [-0.3, -0.25) is 0 Å². The highest BCUT2D eigenvalue weighted by Crippen LogP contribution is 2.33. The van der Waals surface area contributed by atoms with Crippen LogP contribution in [0.25, 0.3) is 0 Å². The summed E-state index contributed by atoms with van der Waals surface area (Å²) < 4.78 is 38.6. The second kappa shape index (κ2) is 13.4. The number of benzene rings is 2. The Hall–Kier alpha value is -4.01. The molecular formula is C26H34N8O5S. The van der Waals surface area contributed by atoms with Gasteiger partial charge in [0.25, 0.3) is 0 Å². The molecule has 3 N–H and O–H groups in total. The zero-order valence-electron chi connectivity index (χ0n) is 22.8. The molecule has 0 bridgehead atoms. The van der Waals surface area contributed by atoms with Crippen molar-refractivity contribution in [1.29, 1.82) is 0 Å². The van der Waals surface area contributed by atoms with Crippen molar-refractivity contribution in [3.8, 4) is 5.75 Å². The Balaban J connectivity index is 1.55. The molecule has 2 heterocycles. The average Bonchev–Trinajstić information content (AvgIpc) is 2.93. The molecule has 1 saturated heterocycles. The first kappa shape index (κ1) is 29.0. The summed E-state index contributed by atoms with van der Waals surface area (Å²) in [5.74, 6) is 0.463. The summed E-state index contributed by atoms with van der Waals surface area (Å²) in [5, 5.41) is 6.10. The largest absolute Gasteiger partial charge is 0.480 e. The molecule has 0 saturated carbocycles. The summed E-state index contributed by atoms with van der Waals surface area (Å²) >= 11 is 0. The van der Waals surface area contributed by atoms with Gasteiger partial charge in [0.2, 0.25) is 21.9 Å². The van der Waals surface area contributed by atoms with Crippen molar-refractivity contribution in [3.05, 3.63) is 48.8 Å². The van der Waals surface area contributed by atoms with Crippen LogP contribution in [-0.4, -0.2) is 87.2 Å². The van der Waals surface area contributed by atoms with Gasteiger partial charge >= 0.3 is 5.97 Å². The summed E-state index contributed by atoms with van der Waals surface area (Å²) in [5.41, 5.74) is 1.83. The van der Waals surface area contributed by atoms with Crippen LogP contribution in [0, 0.1) is 0 Å². The highest BCUT2D eigenvalue weighted by atomic mass is 32.2. The van der Waals surface area contributed by atoms with Crippen LogP contribution in [0.5, 0.6) is 5.75 Å². The third kappa shape index (κ3) is 7.55. The van der Waals surface area contributed by atoms with Crippen LogP contribution in [-0.2, 0) is 19.6 Å². The fraction of sp³-hybridized carbons (Fsp3) is 0.385. The smallest absolute Gasteiger partial charge is 0.344 e. The number of anilines is 5. The van der Waals surface area contributed by atoms with E-state index in [9.17, 15) is 13.2 Å².